The summed E-state index contributed by atoms with van der Waals surface area (Å²) < 4.78 is 40.6. The molecule has 3 atom stereocenters. The molecule has 0 saturated carbocycles. The highest BCUT2D eigenvalue weighted by molar-refractivity contribution is 7.89. The second-order valence-corrected chi connectivity index (χ2v) is 12.2. The maximum absolute atomic E-state index is 13.7. The molecule has 2 aliphatic heterocycles. The van der Waals surface area contributed by atoms with E-state index in [0.29, 0.717) is 39.4 Å². The minimum absolute atomic E-state index is 0.0252. The summed E-state index contributed by atoms with van der Waals surface area (Å²) in [6.45, 7) is 6.73. The zero-order chi connectivity index (χ0) is 28.0. The van der Waals surface area contributed by atoms with Crippen LogP contribution < -0.4 is 4.74 Å². The summed E-state index contributed by atoms with van der Waals surface area (Å²) >= 11 is 0. The molecule has 2 aromatic carbocycles. The van der Waals surface area contributed by atoms with Crippen LogP contribution in [0.3, 0.4) is 0 Å². The third kappa shape index (κ3) is 7.26. The number of morpholine rings is 1. The van der Waals surface area contributed by atoms with E-state index < -0.39 is 22.2 Å². The average Bonchev–Trinajstić information content (AvgIpc) is 2.94. The standard InChI is InChI=1S/C29H39N3O6S/c1-22-18-32(23(2)21-33)39(35,36)28-12-11-25(10-9-24-7-5-4-6-8-24)17-26(28)38-27(22)19-30(3)29(34)20-31-13-15-37-16-14-31/h4-12,17,22-23,27,33H,13-16,18-21H2,1-3H3/t22-,23-,27+/m0/s1. The highest BCUT2D eigenvalue weighted by Gasteiger charge is 2.38. The minimum Gasteiger partial charge on any atom is -0.487 e. The van der Waals surface area contributed by atoms with Crippen molar-refractivity contribution in [3.8, 4) is 5.75 Å². The molecule has 212 valence electrons. The van der Waals surface area contributed by atoms with Crippen molar-refractivity contribution in [1.82, 2.24) is 14.1 Å². The lowest BCUT2D eigenvalue weighted by Gasteiger charge is -2.38. The van der Waals surface area contributed by atoms with Gasteiger partial charge in [-0.1, -0.05) is 55.5 Å². The van der Waals surface area contributed by atoms with Crippen molar-refractivity contribution in [1.29, 1.82) is 0 Å². The molecule has 0 spiro atoms. The van der Waals surface area contributed by atoms with E-state index in [1.807, 2.05) is 49.4 Å². The smallest absolute Gasteiger partial charge is 0.247 e. The first-order valence-corrected chi connectivity index (χ1v) is 14.8. The van der Waals surface area contributed by atoms with Crippen LogP contribution in [0.2, 0.25) is 0 Å². The number of hydrogen-bond donors (Lipinski definition) is 1. The van der Waals surface area contributed by atoms with Gasteiger partial charge in [-0.05, 0) is 30.2 Å². The van der Waals surface area contributed by atoms with E-state index in [4.69, 9.17) is 9.47 Å². The zero-order valence-corrected chi connectivity index (χ0v) is 23.7. The van der Waals surface area contributed by atoms with Gasteiger partial charge in [0.1, 0.15) is 16.7 Å². The van der Waals surface area contributed by atoms with E-state index >= 15 is 0 Å². The number of fused-ring (bicyclic) bond motifs is 1. The van der Waals surface area contributed by atoms with Crippen molar-refractivity contribution in [3.63, 3.8) is 0 Å². The maximum Gasteiger partial charge on any atom is 0.247 e. The highest BCUT2D eigenvalue weighted by atomic mass is 32.2. The molecule has 1 fully saturated rings. The number of carbonyl (C=O) groups is 1. The molecule has 0 unspecified atom stereocenters. The van der Waals surface area contributed by atoms with Crippen LogP contribution in [0.1, 0.15) is 25.0 Å². The Hall–Kier alpha value is -2.76. The largest absolute Gasteiger partial charge is 0.487 e. The fraction of sp³-hybridized carbons (Fsp3) is 0.483. The second-order valence-electron chi connectivity index (χ2n) is 10.4. The predicted octanol–water partition coefficient (Wildman–Crippen LogP) is 2.42. The first-order chi connectivity index (χ1) is 18.7. The fourth-order valence-corrected chi connectivity index (χ4v) is 6.59. The predicted molar refractivity (Wildman–Crippen MR) is 151 cm³/mol. The number of rotatable bonds is 8. The van der Waals surface area contributed by atoms with Gasteiger partial charge in [0.15, 0.2) is 0 Å². The molecule has 9 nitrogen and oxygen atoms in total. The Bertz CT molecular complexity index is 1250. The molecule has 0 aromatic heterocycles. The van der Waals surface area contributed by atoms with Gasteiger partial charge in [-0.2, -0.15) is 4.31 Å². The number of aliphatic hydroxyl groups is 1. The second kappa shape index (κ2) is 13.1. The SMILES string of the molecule is C[C@H]1CN([C@@H](C)CO)S(=O)(=O)c2ccc(C=Cc3ccccc3)cc2O[C@@H]1CN(C)C(=O)CN1CCOCC1. The molecule has 10 heteroatoms. The molecule has 39 heavy (non-hydrogen) atoms. The van der Waals surface area contributed by atoms with Gasteiger partial charge in [0.25, 0.3) is 0 Å². The molecular formula is C29H39N3O6S. The van der Waals surface area contributed by atoms with Gasteiger partial charge in [-0.3, -0.25) is 9.69 Å². The van der Waals surface area contributed by atoms with Crippen LogP contribution >= 0.6 is 0 Å². The summed E-state index contributed by atoms with van der Waals surface area (Å²) in [5.41, 5.74) is 1.81. The van der Waals surface area contributed by atoms with E-state index in [2.05, 4.69) is 4.90 Å². The molecule has 4 rings (SSSR count). The van der Waals surface area contributed by atoms with Gasteiger partial charge in [-0.15, -0.1) is 0 Å². The molecule has 1 N–H and O–H groups in total. The molecule has 1 amide bonds. The first-order valence-electron chi connectivity index (χ1n) is 13.4. The van der Waals surface area contributed by atoms with E-state index in [9.17, 15) is 18.3 Å². The molecular weight excluding hydrogens is 518 g/mol. The van der Waals surface area contributed by atoms with Crippen molar-refractivity contribution in [2.24, 2.45) is 5.92 Å². The summed E-state index contributed by atoms with van der Waals surface area (Å²) in [5.74, 6) is -0.0299. The Morgan fingerprint density at radius 1 is 1.13 bits per heavy atom. The zero-order valence-electron chi connectivity index (χ0n) is 22.9. The number of benzene rings is 2. The molecule has 0 aliphatic carbocycles. The Morgan fingerprint density at radius 3 is 2.51 bits per heavy atom. The number of carbonyl (C=O) groups excluding carboxylic acids is 1. The van der Waals surface area contributed by atoms with Crippen LogP contribution in [-0.2, 0) is 19.6 Å². The number of ether oxygens (including phenoxy) is 2. The van der Waals surface area contributed by atoms with Crippen molar-refractivity contribution in [3.05, 3.63) is 59.7 Å². The van der Waals surface area contributed by atoms with Gasteiger partial charge >= 0.3 is 0 Å². The summed E-state index contributed by atoms with van der Waals surface area (Å²) in [7, 11) is -2.18. The maximum atomic E-state index is 13.7. The van der Waals surface area contributed by atoms with Crippen LogP contribution in [0.15, 0.2) is 53.4 Å². The van der Waals surface area contributed by atoms with Gasteiger partial charge < -0.3 is 19.5 Å². The van der Waals surface area contributed by atoms with E-state index in [1.165, 1.54) is 4.31 Å². The number of amides is 1. The van der Waals surface area contributed by atoms with Gasteiger partial charge in [0.2, 0.25) is 15.9 Å². The van der Waals surface area contributed by atoms with Crippen LogP contribution in [0.5, 0.6) is 5.75 Å². The van der Waals surface area contributed by atoms with Gasteiger partial charge in [-0.25, -0.2) is 8.42 Å². The third-order valence-corrected chi connectivity index (χ3v) is 9.32. The lowest BCUT2D eigenvalue weighted by atomic mass is 10.0. The quantitative estimate of drug-likeness (QED) is 0.498. The topological polar surface area (TPSA) is 99.6 Å². The molecule has 0 radical (unpaired) electrons. The van der Waals surface area contributed by atoms with Gasteiger partial charge in [0, 0.05) is 38.6 Å². The van der Waals surface area contributed by atoms with E-state index in [0.717, 1.165) is 11.1 Å². The lowest BCUT2D eigenvalue weighted by Crippen LogP contribution is -2.51. The van der Waals surface area contributed by atoms with Crippen molar-refractivity contribution >= 4 is 28.1 Å². The first kappa shape index (κ1) is 29.2. The Labute approximate surface area is 231 Å². The molecule has 2 aliphatic rings. The number of hydrogen-bond acceptors (Lipinski definition) is 7. The van der Waals surface area contributed by atoms with Crippen LogP contribution in [-0.4, -0.2) is 105 Å². The van der Waals surface area contributed by atoms with Gasteiger partial charge in [0.05, 0.1) is 32.9 Å². The van der Waals surface area contributed by atoms with Crippen molar-refractivity contribution in [2.45, 2.75) is 30.9 Å². The number of sulfonamides is 1. The Morgan fingerprint density at radius 2 is 1.82 bits per heavy atom. The summed E-state index contributed by atoms with van der Waals surface area (Å²) in [4.78, 5) is 16.8. The summed E-state index contributed by atoms with van der Waals surface area (Å²) in [5, 5.41) is 9.86. The van der Waals surface area contributed by atoms with E-state index in [1.54, 1.807) is 37.1 Å². The highest BCUT2D eigenvalue weighted by Crippen LogP contribution is 2.34. The number of nitrogens with zero attached hydrogens (tertiary/aromatic N) is 3. The van der Waals surface area contributed by atoms with Crippen LogP contribution in [0, 0.1) is 5.92 Å². The summed E-state index contributed by atoms with van der Waals surface area (Å²) in [6, 6.07) is 14.3. The van der Waals surface area contributed by atoms with Crippen LogP contribution in [0.4, 0.5) is 0 Å². The number of likely N-dealkylation sites (N-methyl/N-ethyl adjacent to an activating group) is 1. The van der Waals surface area contributed by atoms with Crippen molar-refractivity contribution < 1.29 is 27.8 Å². The summed E-state index contributed by atoms with van der Waals surface area (Å²) in [6.07, 6.45) is 3.41. The van der Waals surface area contributed by atoms with Crippen LogP contribution in [0.25, 0.3) is 12.2 Å². The normalized spacial score (nSPS) is 22.9. The monoisotopic (exact) mass is 557 g/mol. The molecule has 0 bridgehead atoms. The van der Waals surface area contributed by atoms with Crippen molar-refractivity contribution in [2.75, 3.05) is 59.6 Å². The molecule has 2 heterocycles. The minimum atomic E-state index is -3.93. The Balaban J connectivity index is 1.62. The Kier molecular flexibility index (Phi) is 9.79. The third-order valence-electron chi connectivity index (χ3n) is 7.30. The average molecular weight is 558 g/mol. The lowest BCUT2D eigenvalue weighted by molar-refractivity contribution is -0.133. The van der Waals surface area contributed by atoms with E-state index in [-0.39, 0.29) is 35.6 Å². The molecule has 1 saturated heterocycles. The molecule has 2 aromatic rings. The fourth-order valence-electron chi connectivity index (χ4n) is 4.76. The number of aliphatic hydroxyl groups excluding tert-OH is 1.